The average molecular weight is 1010 g/mol. The molecule has 0 radical (unpaired) electrons. The first-order chi connectivity index (χ1) is 36.0. The van der Waals surface area contributed by atoms with Crippen molar-refractivity contribution in [2.45, 2.75) is 258 Å². The summed E-state index contributed by atoms with van der Waals surface area (Å²) < 4.78 is 16.7. The lowest BCUT2D eigenvalue weighted by molar-refractivity contribution is -0.167. The van der Waals surface area contributed by atoms with Gasteiger partial charge in [-0.25, -0.2) is 0 Å². The number of carbonyl (C=O) groups is 3. The lowest BCUT2D eigenvalue weighted by atomic mass is 10.0. The van der Waals surface area contributed by atoms with Crippen LogP contribution in [0.1, 0.15) is 252 Å². The minimum atomic E-state index is -0.790. The molecular formula is C67H108O6. The van der Waals surface area contributed by atoms with Crippen molar-refractivity contribution in [3.05, 3.63) is 134 Å². The zero-order chi connectivity index (χ0) is 52.9. The molecule has 0 heterocycles. The van der Waals surface area contributed by atoms with Gasteiger partial charge in [0.1, 0.15) is 13.2 Å². The van der Waals surface area contributed by atoms with Crippen LogP contribution in [0.3, 0.4) is 0 Å². The van der Waals surface area contributed by atoms with Gasteiger partial charge in [0, 0.05) is 19.3 Å². The fraction of sp³-hybridized carbons (Fsp3) is 0.627. The third-order valence-corrected chi connectivity index (χ3v) is 12.2. The monoisotopic (exact) mass is 1010 g/mol. The van der Waals surface area contributed by atoms with Crippen molar-refractivity contribution < 1.29 is 28.6 Å². The van der Waals surface area contributed by atoms with E-state index < -0.39 is 6.10 Å². The maximum atomic E-state index is 12.8. The van der Waals surface area contributed by atoms with E-state index in [0.717, 1.165) is 161 Å². The number of esters is 3. The van der Waals surface area contributed by atoms with E-state index >= 15 is 0 Å². The van der Waals surface area contributed by atoms with Gasteiger partial charge in [-0.15, -0.1) is 0 Å². The molecule has 6 heteroatoms. The molecule has 0 fully saturated rings. The van der Waals surface area contributed by atoms with Crippen LogP contribution in [-0.4, -0.2) is 37.2 Å². The second kappa shape index (κ2) is 60.1. The highest BCUT2D eigenvalue weighted by Crippen LogP contribution is 2.14. The molecule has 0 rings (SSSR count). The van der Waals surface area contributed by atoms with E-state index in [-0.39, 0.29) is 31.1 Å². The second-order valence-corrected chi connectivity index (χ2v) is 19.1. The molecule has 0 aromatic rings. The molecule has 0 amide bonds. The Morgan fingerprint density at radius 1 is 0.288 bits per heavy atom. The highest BCUT2D eigenvalue weighted by Gasteiger charge is 2.19. The van der Waals surface area contributed by atoms with Crippen LogP contribution < -0.4 is 0 Å². The van der Waals surface area contributed by atoms with E-state index in [1.165, 1.54) is 51.4 Å². The van der Waals surface area contributed by atoms with Crippen molar-refractivity contribution in [1.82, 2.24) is 0 Å². The van der Waals surface area contributed by atoms with Crippen molar-refractivity contribution in [2.24, 2.45) is 0 Å². The molecular weight excluding hydrogens is 901 g/mol. The van der Waals surface area contributed by atoms with Gasteiger partial charge in [0.05, 0.1) is 0 Å². The van der Waals surface area contributed by atoms with Crippen LogP contribution in [0.25, 0.3) is 0 Å². The van der Waals surface area contributed by atoms with E-state index in [9.17, 15) is 14.4 Å². The molecule has 412 valence electrons. The Labute approximate surface area is 449 Å². The summed E-state index contributed by atoms with van der Waals surface area (Å²) in [5.41, 5.74) is 0. The zero-order valence-corrected chi connectivity index (χ0v) is 47.1. The smallest absolute Gasteiger partial charge is 0.306 e. The normalized spacial score (nSPS) is 13.1. The van der Waals surface area contributed by atoms with Gasteiger partial charge in [0.25, 0.3) is 0 Å². The van der Waals surface area contributed by atoms with Gasteiger partial charge in [-0.2, -0.15) is 0 Å². The van der Waals surface area contributed by atoms with Crippen molar-refractivity contribution in [1.29, 1.82) is 0 Å². The Morgan fingerprint density at radius 2 is 0.534 bits per heavy atom. The fourth-order valence-electron chi connectivity index (χ4n) is 7.77. The summed E-state index contributed by atoms with van der Waals surface area (Å²) in [5.74, 6) is -0.931. The highest BCUT2D eigenvalue weighted by molar-refractivity contribution is 5.71. The number of carbonyl (C=O) groups excluding carboxylic acids is 3. The summed E-state index contributed by atoms with van der Waals surface area (Å²) in [5, 5.41) is 0. The Morgan fingerprint density at radius 3 is 0.836 bits per heavy atom. The molecule has 73 heavy (non-hydrogen) atoms. The maximum absolute atomic E-state index is 12.8. The molecule has 1 unspecified atom stereocenters. The summed E-state index contributed by atoms with van der Waals surface area (Å²) >= 11 is 0. The Hall–Kier alpha value is -4.45. The van der Waals surface area contributed by atoms with E-state index in [2.05, 4.69) is 154 Å². The molecule has 0 aliphatic rings. The number of hydrogen-bond donors (Lipinski definition) is 0. The Balaban J connectivity index is 4.17. The van der Waals surface area contributed by atoms with E-state index in [4.69, 9.17) is 14.2 Å². The molecule has 0 aromatic carbocycles. The number of ether oxygens (including phenoxy) is 3. The number of hydrogen-bond acceptors (Lipinski definition) is 6. The lowest BCUT2D eigenvalue weighted by Crippen LogP contribution is -2.30. The lowest BCUT2D eigenvalue weighted by Gasteiger charge is -2.18. The fourth-order valence-corrected chi connectivity index (χ4v) is 7.77. The average Bonchev–Trinajstić information content (AvgIpc) is 3.39. The Bertz CT molecular complexity index is 1580. The van der Waals surface area contributed by atoms with Crippen LogP contribution in [0.15, 0.2) is 134 Å². The van der Waals surface area contributed by atoms with Crippen molar-refractivity contribution in [3.8, 4) is 0 Å². The van der Waals surface area contributed by atoms with Gasteiger partial charge in [0.15, 0.2) is 6.10 Å². The molecule has 0 bridgehead atoms. The van der Waals surface area contributed by atoms with Crippen molar-refractivity contribution >= 4 is 17.9 Å². The number of unbranched alkanes of at least 4 members (excludes halogenated alkanes) is 19. The van der Waals surface area contributed by atoms with E-state index in [0.29, 0.717) is 19.3 Å². The molecule has 0 N–H and O–H groups in total. The molecule has 0 saturated carbocycles. The van der Waals surface area contributed by atoms with Crippen LogP contribution in [0.5, 0.6) is 0 Å². The second-order valence-electron chi connectivity index (χ2n) is 19.1. The minimum Gasteiger partial charge on any atom is -0.462 e. The quantitative estimate of drug-likeness (QED) is 0.0261. The van der Waals surface area contributed by atoms with Gasteiger partial charge in [-0.05, 0) is 116 Å². The van der Waals surface area contributed by atoms with E-state index in [1.54, 1.807) is 0 Å². The Kier molecular flexibility index (Phi) is 56.4. The van der Waals surface area contributed by atoms with Gasteiger partial charge in [-0.3, -0.25) is 14.4 Å². The van der Waals surface area contributed by atoms with Crippen molar-refractivity contribution in [3.63, 3.8) is 0 Å². The largest absolute Gasteiger partial charge is 0.462 e. The minimum absolute atomic E-state index is 0.0902. The molecule has 0 aromatic heterocycles. The van der Waals surface area contributed by atoms with E-state index in [1.807, 2.05) is 0 Å². The van der Waals surface area contributed by atoms with Crippen molar-refractivity contribution in [2.75, 3.05) is 13.2 Å². The first kappa shape index (κ1) is 68.6. The SMILES string of the molecule is CC/C=C\C/C=C\C/C=C\C/C=C\C/C=C\C/C=C\C/C=C\CCCCCCCC(=O)OCC(COC(=O)CCCCCCC)OC(=O)CCCCCCCCCCCC/C=C\C/C=C\C/C=C\C/C=C\CC. The van der Waals surface area contributed by atoms with Gasteiger partial charge in [-0.1, -0.05) is 251 Å². The van der Waals surface area contributed by atoms with Crippen LogP contribution >= 0.6 is 0 Å². The summed E-state index contributed by atoms with van der Waals surface area (Å²) in [6, 6.07) is 0. The molecule has 0 saturated heterocycles. The highest BCUT2D eigenvalue weighted by atomic mass is 16.6. The zero-order valence-electron chi connectivity index (χ0n) is 47.1. The molecule has 0 aliphatic carbocycles. The standard InChI is InChI=1S/C67H108O6/c1-4-7-10-13-15-17-19-21-23-25-27-29-31-32-33-34-36-37-39-41-43-45-47-49-51-54-57-60-66(69)72-63-64(62-71-65(68)59-56-53-12-9-6-3)73-67(70)61-58-55-52-50-48-46-44-42-40-38-35-30-28-26-24-22-20-18-16-14-11-8-5-2/h7-8,10-11,15-18,21-24,27-30,32-33,36-37,41,43,64H,4-6,9,12-14,19-20,25-26,31,34-35,38-40,42,44-63H2,1-3H3/b10-7-,11-8-,17-15-,18-16-,23-21-,24-22-,29-27-,30-28-,33-32-,37-36-,43-41-. The van der Waals surface area contributed by atoms with Crippen LogP contribution in [0, 0.1) is 0 Å². The summed E-state index contributed by atoms with van der Waals surface area (Å²) in [4.78, 5) is 37.9. The molecule has 0 aliphatic heterocycles. The number of allylic oxidation sites excluding steroid dienone is 22. The van der Waals surface area contributed by atoms with Gasteiger partial charge >= 0.3 is 17.9 Å². The topological polar surface area (TPSA) is 78.9 Å². The summed E-state index contributed by atoms with van der Waals surface area (Å²) in [7, 11) is 0. The predicted octanol–water partition coefficient (Wildman–Crippen LogP) is 20.2. The molecule has 0 spiro atoms. The maximum Gasteiger partial charge on any atom is 0.306 e. The molecule has 6 nitrogen and oxygen atoms in total. The first-order valence-electron chi connectivity index (χ1n) is 29.7. The first-order valence-corrected chi connectivity index (χ1v) is 29.7. The third-order valence-electron chi connectivity index (χ3n) is 12.2. The number of rotatable bonds is 52. The summed E-state index contributed by atoms with van der Waals surface area (Å²) in [6.07, 6.45) is 84.9. The summed E-state index contributed by atoms with van der Waals surface area (Å²) in [6.45, 7) is 6.30. The van der Waals surface area contributed by atoms with Crippen LogP contribution in [-0.2, 0) is 28.6 Å². The predicted molar refractivity (Wildman–Crippen MR) is 316 cm³/mol. The molecule has 1 atom stereocenters. The van der Waals surface area contributed by atoms with Gasteiger partial charge in [0.2, 0.25) is 0 Å². The third kappa shape index (κ3) is 58.3. The van der Waals surface area contributed by atoms with Gasteiger partial charge < -0.3 is 14.2 Å². The van der Waals surface area contributed by atoms with Crippen LogP contribution in [0.2, 0.25) is 0 Å². The van der Waals surface area contributed by atoms with Crippen LogP contribution in [0.4, 0.5) is 0 Å².